The molecule has 0 saturated carbocycles. The van der Waals surface area contributed by atoms with Crippen LogP contribution < -0.4 is 4.74 Å². The molecule has 3 aromatic carbocycles. The van der Waals surface area contributed by atoms with E-state index < -0.39 is 0 Å². The van der Waals surface area contributed by atoms with E-state index in [1.54, 1.807) is 12.1 Å². The molecule has 0 unspecified atom stereocenters. The van der Waals surface area contributed by atoms with Gasteiger partial charge in [-0.3, -0.25) is 4.79 Å². The summed E-state index contributed by atoms with van der Waals surface area (Å²) in [5.41, 5.74) is 3.64. The molecule has 0 fully saturated rings. The molecule has 0 heterocycles. The Morgan fingerprint density at radius 1 is 0.935 bits per heavy atom. The third kappa shape index (κ3) is 10.2. The fraction of sp³-hybridized carbons (Fsp3) is 0.393. The quantitative estimate of drug-likeness (QED) is 0.113. The number of aryl methyl sites for hydroxylation is 1. The summed E-state index contributed by atoms with van der Waals surface area (Å²) in [5, 5.41) is 0. The standard InChI is InChI=1S/C19H23O2.C9H13.Fe/c1-2-3-4-5-6-9-16-12-14-18(15-13-16)21-19(20)17-10-7-8-11-17;1-9(2,3)8-6-4-5-7-8;/h7-8,10-15H,2-6,9H2,1H3;4-7H,1-3H3;/q-1;-5;. The van der Waals surface area contributed by atoms with Crippen molar-refractivity contribution in [2.75, 3.05) is 0 Å². The SMILES string of the molecule is CC(C)(C)[c-]1[cH-][cH-][cH-][cH-]1.CCCCCCCc1ccc(OC(=O)[c-]2cccc2)cc1.[Fe]. The molecule has 3 aromatic rings. The molecule has 0 aliphatic rings. The Bertz CT molecular complexity index is 822. The molecule has 0 atom stereocenters. The topological polar surface area (TPSA) is 26.3 Å². The second kappa shape index (κ2) is 14.1. The molecule has 0 saturated heterocycles. The van der Waals surface area contributed by atoms with E-state index in [9.17, 15) is 4.79 Å². The van der Waals surface area contributed by atoms with Crippen molar-refractivity contribution >= 4 is 5.97 Å². The maximum absolute atomic E-state index is 11.8. The van der Waals surface area contributed by atoms with Crippen molar-refractivity contribution in [3.8, 4) is 5.75 Å². The Morgan fingerprint density at radius 3 is 2.03 bits per heavy atom. The van der Waals surface area contributed by atoms with Crippen molar-refractivity contribution in [1.29, 1.82) is 0 Å². The van der Waals surface area contributed by atoms with Crippen LogP contribution in [0.2, 0.25) is 0 Å². The predicted octanol–water partition coefficient (Wildman–Crippen LogP) is 7.84. The summed E-state index contributed by atoms with van der Waals surface area (Å²) >= 11 is 0. The van der Waals surface area contributed by atoms with Gasteiger partial charge in [-0.2, -0.15) is 12.1 Å². The number of hydrogen-bond donors (Lipinski definition) is 0. The van der Waals surface area contributed by atoms with Gasteiger partial charge in [-0.25, -0.2) is 17.5 Å². The smallest absolute Gasteiger partial charge is 0.286 e. The van der Waals surface area contributed by atoms with Gasteiger partial charge in [-0.15, -0.1) is 0 Å². The molecule has 0 aliphatic heterocycles. The molecule has 174 valence electrons. The number of carbonyl (C=O) groups is 1. The van der Waals surface area contributed by atoms with E-state index >= 15 is 0 Å². The predicted molar refractivity (Wildman–Crippen MR) is 127 cm³/mol. The Labute approximate surface area is 199 Å². The zero-order valence-electron chi connectivity index (χ0n) is 19.3. The van der Waals surface area contributed by atoms with Crippen LogP contribution in [0.15, 0.2) is 72.8 Å². The van der Waals surface area contributed by atoms with E-state index in [0.29, 0.717) is 16.7 Å². The van der Waals surface area contributed by atoms with E-state index in [1.807, 2.05) is 36.4 Å². The maximum atomic E-state index is 11.8. The maximum Gasteiger partial charge on any atom is 0.286 e. The van der Waals surface area contributed by atoms with E-state index in [-0.39, 0.29) is 23.0 Å². The Kier molecular flexibility index (Phi) is 12.2. The molecule has 0 aromatic heterocycles. The number of hydrogen-bond acceptors (Lipinski definition) is 2. The van der Waals surface area contributed by atoms with Crippen LogP contribution in [0.3, 0.4) is 0 Å². The van der Waals surface area contributed by atoms with Gasteiger partial charge in [0, 0.05) is 17.1 Å². The molecular weight excluding hydrogens is 424 g/mol. The van der Waals surface area contributed by atoms with E-state index in [0.717, 1.165) is 6.42 Å². The summed E-state index contributed by atoms with van der Waals surface area (Å²) in [4.78, 5) is 11.8. The third-order valence-electron chi connectivity index (χ3n) is 5.13. The van der Waals surface area contributed by atoms with Gasteiger partial charge < -0.3 is 34.6 Å². The average molecular weight is 460 g/mol. The van der Waals surface area contributed by atoms with Gasteiger partial charge in [0.15, 0.2) is 0 Å². The van der Waals surface area contributed by atoms with Crippen molar-refractivity contribution in [2.45, 2.75) is 71.6 Å². The van der Waals surface area contributed by atoms with Gasteiger partial charge in [0.05, 0.1) is 0 Å². The molecule has 0 amide bonds. The van der Waals surface area contributed by atoms with E-state index in [1.165, 1.54) is 43.2 Å². The molecule has 3 heteroatoms. The number of rotatable bonds is 8. The summed E-state index contributed by atoms with van der Waals surface area (Å²) < 4.78 is 5.33. The largest absolute Gasteiger partial charge is 0.748 e. The molecule has 0 N–H and O–H groups in total. The molecule has 0 radical (unpaired) electrons. The molecule has 0 aliphatic carbocycles. The zero-order valence-corrected chi connectivity index (χ0v) is 20.4. The van der Waals surface area contributed by atoms with E-state index in [4.69, 9.17) is 4.74 Å². The van der Waals surface area contributed by atoms with Gasteiger partial charge in [-0.1, -0.05) is 71.1 Å². The molecule has 2 nitrogen and oxygen atoms in total. The first kappa shape index (κ1) is 26.9. The van der Waals surface area contributed by atoms with Crippen LogP contribution in [0.1, 0.15) is 81.3 Å². The van der Waals surface area contributed by atoms with Crippen LogP contribution in [-0.2, 0) is 28.9 Å². The van der Waals surface area contributed by atoms with Crippen molar-refractivity contribution < 1.29 is 26.6 Å². The molecule has 31 heavy (non-hydrogen) atoms. The van der Waals surface area contributed by atoms with Crippen LogP contribution in [0.25, 0.3) is 0 Å². The van der Waals surface area contributed by atoms with Gasteiger partial charge in [0.25, 0.3) is 5.97 Å². The van der Waals surface area contributed by atoms with Crippen LogP contribution in [0, 0.1) is 0 Å². The molecule has 0 bridgehead atoms. The van der Waals surface area contributed by atoms with Crippen LogP contribution in [0.5, 0.6) is 5.75 Å². The van der Waals surface area contributed by atoms with Gasteiger partial charge >= 0.3 is 0 Å². The Morgan fingerprint density at radius 2 is 1.52 bits per heavy atom. The normalized spacial score (nSPS) is 10.6. The summed E-state index contributed by atoms with van der Waals surface area (Å²) in [6.45, 7) is 8.91. The summed E-state index contributed by atoms with van der Waals surface area (Å²) in [6, 6.07) is 23.5. The number of esters is 1. The minimum Gasteiger partial charge on any atom is -0.748 e. The zero-order chi connectivity index (χ0) is 21.8. The summed E-state index contributed by atoms with van der Waals surface area (Å²) in [7, 11) is 0. The minimum atomic E-state index is -0.299. The summed E-state index contributed by atoms with van der Waals surface area (Å²) in [5.74, 6) is 0.309. The second-order valence-electron chi connectivity index (χ2n) is 8.79. The van der Waals surface area contributed by atoms with Gasteiger partial charge in [0.1, 0.15) is 5.75 Å². The number of benzene rings is 1. The first-order chi connectivity index (χ1) is 14.4. The minimum absolute atomic E-state index is 0. The molecule has 3 rings (SSSR count). The third-order valence-corrected chi connectivity index (χ3v) is 5.13. The van der Waals surface area contributed by atoms with E-state index in [2.05, 4.69) is 52.0 Å². The number of ether oxygens (including phenoxy) is 1. The Balaban J connectivity index is 0.000000404. The average Bonchev–Trinajstić information content (AvgIpc) is 3.43. The van der Waals surface area contributed by atoms with Crippen LogP contribution in [0.4, 0.5) is 0 Å². The number of carbonyl (C=O) groups excluding carboxylic acids is 1. The van der Waals surface area contributed by atoms with Crippen LogP contribution in [-0.4, -0.2) is 5.97 Å². The van der Waals surface area contributed by atoms with Crippen molar-refractivity contribution in [3.05, 3.63) is 89.5 Å². The van der Waals surface area contributed by atoms with Crippen molar-refractivity contribution in [3.63, 3.8) is 0 Å². The number of unbranched alkanes of at least 4 members (excludes halogenated alkanes) is 4. The van der Waals surface area contributed by atoms with Crippen molar-refractivity contribution in [1.82, 2.24) is 0 Å². The van der Waals surface area contributed by atoms with Gasteiger partial charge in [0.2, 0.25) is 0 Å². The second-order valence-corrected chi connectivity index (χ2v) is 8.79. The fourth-order valence-electron chi connectivity index (χ4n) is 3.21. The molecule has 0 spiro atoms. The fourth-order valence-corrected chi connectivity index (χ4v) is 3.21. The first-order valence-electron chi connectivity index (χ1n) is 11.1. The first-order valence-corrected chi connectivity index (χ1v) is 11.1. The Hall–Kier alpha value is -2.09. The molecular formula is C28H36FeO2-6. The van der Waals surface area contributed by atoms with Crippen LogP contribution >= 0.6 is 0 Å². The van der Waals surface area contributed by atoms with Crippen molar-refractivity contribution in [2.24, 2.45) is 0 Å². The monoisotopic (exact) mass is 460 g/mol. The summed E-state index contributed by atoms with van der Waals surface area (Å²) in [6.07, 6.45) is 7.56. The van der Waals surface area contributed by atoms with Gasteiger partial charge in [-0.05, 0) is 30.5 Å².